The van der Waals surface area contributed by atoms with Gasteiger partial charge < -0.3 is 25.0 Å². The number of ether oxygens (including phenoxy) is 2. The molecule has 3 aliphatic rings. The maximum Gasteiger partial charge on any atom is 0.256 e. The molecule has 2 aromatic carbocycles. The zero-order valence-corrected chi connectivity index (χ0v) is 21.7. The predicted octanol–water partition coefficient (Wildman–Crippen LogP) is 3.61. The van der Waals surface area contributed by atoms with Gasteiger partial charge in [-0.15, -0.1) is 11.8 Å². The molecule has 1 saturated heterocycles. The lowest BCUT2D eigenvalue weighted by Crippen LogP contribution is -2.58. The van der Waals surface area contributed by atoms with Crippen molar-refractivity contribution in [1.29, 1.82) is 0 Å². The predicted molar refractivity (Wildman–Crippen MR) is 137 cm³/mol. The molecule has 0 spiro atoms. The molecule has 36 heavy (non-hydrogen) atoms. The summed E-state index contributed by atoms with van der Waals surface area (Å²) in [6, 6.07) is 11.6. The van der Waals surface area contributed by atoms with Crippen LogP contribution in [-0.2, 0) is 16.1 Å². The zero-order valence-electron chi connectivity index (χ0n) is 20.9. The minimum absolute atomic E-state index is 0.0925. The van der Waals surface area contributed by atoms with Gasteiger partial charge in [0.15, 0.2) is 11.5 Å². The maximum atomic E-state index is 13.7. The third-order valence-electron chi connectivity index (χ3n) is 7.24. The molecule has 8 nitrogen and oxygen atoms in total. The number of benzene rings is 2. The molecule has 2 aromatic rings. The first kappa shape index (κ1) is 24.5. The summed E-state index contributed by atoms with van der Waals surface area (Å²) in [6.07, 6.45) is 0.710. The fraction of sp³-hybridized carbons (Fsp3) is 0.444. The van der Waals surface area contributed by atoms with Gasteiger partial charge in [0.25, 0.3) is 5.91 Å². The van der Waals surface area contributed by atoms with E-state index in [1.165, 1.54) is 0 Å². The van der Waals surface area contributed by atoms with Crippen molar-refractivity contribution in [2.45, 2.75) is 62.9 Å². The average Bonchev–Trinajstić information content (AvgIpc) is 3.52. The van der Waals surface area contributed by atoms with E-state index in [-0.39, 0.29) is 35.8 Å². The summed E-state index contributed by atoms with van der Waals surface area (Å²) < 4.78 is 10.2. The molecule has 1 fully saturated rings. The second-order valence-corrected chi connectivity index (χ2v) is 11.8. The van der Waals surface area contributed by atoms with E-state index in [0.29, 0.717) is 30.0 Å². The molecule has 4 unspecified atom stereocenters. The summed E-state index contributed by atoms with van der Waals surface area (Å²) in [7, 11) is 0. The van der Waals surface area contributed by atoms with E-state index in [1.807, 2.05) is 70.2 Å². The first-order valence-corrected chi connectivity index (χ1v) is 13.1. The summed E-state index contributed by atoms with van der Waals surface area (Å²) >= 11 is 1.61. The van der Waals surface area contributed by atoms with Crippen LogP contribution in [0.25, 0.3) is 0 Å². The van der Waals surface area contributed by atoms with E-state index < -0.39 is 16.8 Å². The molecule has 0 aliphatic carbocycles. The minimum Gasteiger partial charge on any atom is -0.454 e. The summed E-state index contributed by atoms with van der Waals surface area (Å²) in [5, 5.41) is 5.75. The Morgan fingerprint density at radius 1 is 1.17 bits per heavy atom. The molecular weight excluding hydrogens is 478 g/mol. The number of thioether (sulfide) groups is 1. The van der Waals surface area contributed by atoms with Gasteiger partial charge >= 0.3 is 0 Å². The lowest BCUT2D eigenvalue weighted by atomic mass is 9.95. The van der Waals surface area contributed by atoms with Gasteiger partial charge in [0.05, 0.1) is 0 Å². The van der Waals surface area contributed by atoms with Crippen molar-refractivity contribution in [1.82, 2.24) is 15.5 Å². The lowest BCUT2D eigenvalue weighted by Gasteiger charge is -2.32. The Morgan fingerprint density at radius 2 is 1.92 bits per heavy atom. The first-order chi connectivity index (χ1) is 17.2. The van der Waals surface area contributed by atoms with E-state index >= 15 is 0 Å². The van der Waals surface area contributed by atoms with Gasteiger partial charge in [0.1, 0.15) is 17.5 Å². The van der Waals surface area contributed by atoms with Crippen molar-refractivity contribution in [3.8, 4) is 11.5 Å². The van der Waals surface area contributed by atoms with E-state index in [0.717, 1.165) is 11.1 Å². The highest BCUT2D eigenvalue weighted by molar-refractivity contribution is 8.01. The zero-order chi connectivity index (χ0) is 25.6. The molecule has 0 aromatic heterocycles. The van der Waals surface area contributed by atoms with Crippen LogP contribution >= 0.6 is 11.8 Å². The molecule has 2 N–H and O–H groups in total. The van der Waals surface area contributed by atoms with Gasteiger partial charge in [-0.1, -0.05) is 44.5 Å². The van der Waals surface area contributed by atoms with Gasteiger partial charge in [-0.3, -0.25) is 14.4 Å². The number of hydrogen-bond acceptors (Lipinski definition) is 6. The molecular formula is C27H31N3O5S. The molecule has 9 heteroatoms. The lowest BCUT2D eigenvalue weighted by molar-refractivity contribution is -0.133. The van der Waals surface area contributed by atoms with Crippen LogP contribution in [-0.4, -0.2) is 46.2 Å². The molecule has 3 amide bonds. The number of amides is 3. The third kappa shape index (κ3) is 4.19. The van der Waals surface area contributed by atoms with Gasteiger partial charge in [-0.2, -0.15) is 0 Å². The van der Waals surface area contributed by atoms with Crippen LogP contribution in [0, 0.1) is 5.92 Å². The Bertz CT molecular complexity index is 1220. The van der Waals surface area contributed by atoms with E-state index in [4.69, 9.17) is 9.47 Å². The topological polar surface area (TPSA) is 97.0 Å². The molecule has 5 rings (SSSR count). The number of carbonyl (C=O) groups excluding carboxylic acids is 3. The van der Waals surface area contributed by atoms with E-state index in [9.17, 15) is 14.4 Å². The van der Waals surface area contributed by atoms with Crippen LogP contribution in [0.3, 0.4) is 0 Å². The Kier molecular flexibility index (Phi) is 6.36. The number of hydrogen-bond donors (Lipinski definition) is 2. The van der Waals surface area contributed by atoms with E-state index in [1.54, 1.807) is 16.7 Å². The van der Waals surface area contributed by atoms with Crippen molar-refractivity contribution in [2.24, 2.45) is 5.92 Å². The quantitative estimate of drug-likeness (QED) is 0.592. The Morgan fingerprint density at radius 3 is 2.69 bits per heavy atom. The highest BCUT2D eigenvalue weighted by atomic mass is 32.2. The monoisotopic (exact) mass is 509 g/mol. The summed E-state index contributed by atoms with van der Waals surface area (Å²) in [5.74, 6) is 0.543. The van der Waals surface area contributed by atoms with Crippen LogP contribution in [0.15, 0.2) is 42.5 Å². The fourth-order valence-electron chi connectivity index (χ4n) is 5.09. The number of rotatable bonds is 7. The number of carbonyl (C=O) groups is 3. The summed E-state index contributed by atoms with van der Waals surface area (Å²) in [4.78, 5) is 41.9. The van der Waals surface area contributed by atoms with Gasteiger partial charge in [-0.05, 0) is 49.1 Å². The van der Waals surface area contributed by atoms with Crippen LogP contribution < -0.4 is 20.1 Å². The van der Waals surface area contributed by atoms with Crippen molar-refractivity contribution in [2.75, 3.05) is 6.79 Å². The SMILES string of the molecule is CCC(C)C(NC(=O)C1N2C(=O)c3ccccc3C2SC1(C)C)C(=O)NCc1ccc2c(c1)OCO2. The summed E-state index contributed by atoms with van der Waals surface area (Å²) in [5.41, 5.74) is 2.46. The molecule has 0 saturated carbocycles. The second kappa shape index (κ2) is 9.35. The van der Waals surface area contributed by atoms with Crippen molar-refractivity contribution >= 4 is 29.5 Å². The van der Waals surface area contributed by atoms with Gasteiger partial charge in [-0.25, -0.2) is 0 Å². The highest BCUT2D eigenvalue weighted by Crippen LogP contribution is 2.56. The second-order valence-electron chi connectivity index (χ2n) is 10.1. The maximum absolute atomic E-state index is 13.7. The Balaban J connectivity index is 1.31. The largest absolute Gasteiger partial charge is 0.454 e. The van der Waals surface area contributed by atoms with Gasteiger partial charge in [0, 0.05) is 16.9 Å². The molecule has 3 aliphatic heterocycles. The Hall–Kier alpha value is -3.20. The number of fused-ring (bicyclic) bond motifs is 4. The van der Waals surface area contributed by atoms with E-state index in [2.05, 4.69) is 10.6 Å². The van der Waals surface area contributed by atoms with Gasteiger partial charge in [0.2, 0.25) is 18.6 Å². The normalized spacial score (nSPS) is 22.6. The molecule has 0 bridgehead atoms. The average molecular weight is 510 g/mol. The fourth-order valence-corrected chi connectivity index (χ4v) is 6.68. The van der Waals surface area contributed by atoms with Crippen molar-refractivity contribution in [3.05, 3.63) is 59.2 Å². The number of nitrogens with zero attached hydrogens (tertiary/aromatic N) is 1. The molecule has 4 atom stereocenters. The van der Waals surface area contributed by atoms with Crippen molar-refractivity contribution in [3.63, 3.8) is 0 Å². The van der Waals surface area contributed by atoms with Crippen LogP contribution in [0.4, 0.5) is 0 Å². The van der Waals surface area contributed by atoms with Crippen LogP contribution in [0.1, 0.15) is 61.0 Å². The highest BCUT2D eigenvalue weighted by Gasteiger charge is 2.57. The summed E-state index contributed by atoms with van der Waals surface area (Å²) in [6.45, 7) is 8.38. The van der Waals surface area contributed by atoms with Crippen LogP contribution in [0.2, 0.25) is 0 Å². The molecule has 0 radical (unpaired) electrons. The minimum atomic E-state index is -0.726. The van der Waals surface area contributed by atoms with Crippen LogP contribution in [0.5, 0.6) is 11.5 Å². The number of nitrogens with one attached hydrogen (secondary N) is 2. The molecule has 190 valence electrons. The Labute approximate surface area is 215 Å². The smallest absolute Gasteiger partial charge is 0.256 e. The van der Waals surface area contributed by atoms with Crippen molar-refractivity contribution < 1.29 is 23.9 Å². The molecule has 3 heterocycles. The standard InChI is InChI=1S/C27H31N3O5S/c1-5-15(2)21(23(31)28-13-16-10-11-19-20(12-16)35-14-34-19)29-24(32)22-27(3,4)36-26-18-9-7-6-8-17(18)25(33)30(22)26/h6-12,15,21-22,26H,5,13-14H2,1-4H3,(H,28,31)(H,29,32). The third-order valence-corrected chi connectivity index (χ3v) is 8.78. The first-order valence-electron chi connectivity index (χ1n) is 12.3.